The van der Waals surface area contributed by atoms with Gasteiger partial charge >= 0.3 is 5.97 Å². The zero-order valence-electron chi connectivity index (χ0n) is 10.4. The Morgan fingerprint density at radius 2 is 1.90 bits per heavy atom. The highest BCUT2D eigenvalue weighted by Crippen LogP contribution is 2.14. The molecule has 1 aromatic carbocycles. The lowest BCUT2D eigenvalue weighted by Crippen LogP contribution is -2.43. The third kappa shape index (κ3) is 3.74. The zero-order valence-corrected chi connectivity index (χ0v) is 10.4. The van der Waals surface area contributed by atoms with Crippen molar-refractivity contribution in [2.75, 3.05) is 0 Å². The van der Waals surface area contributed by atoms with Crippen molar-refractivity contribution in [1.29, 1.82) is 0 Å². The molecule has 1 aromatic rings. The number of carboxylic acids is 1. The summed E-state index contributed by atoms with van der Waals surface area (Å²) in [4.78, 5) is 33.2. The van der Waals surface area contributed by atoms with E-state index in [9.17, 15) is 23.2 Å². The molecule has 0 aromatic heterocycles. The van der Waals surface area contributed by atoms with E-state index >= 15 is 0 Å². The molecule has 0 aliphatic heterocycles. The van der Waals surface area contributed by atoms with E-state index in [1.165, 1.54) is 6.92 Å². The first-order chi connectivity index (χ1) is 9.22. The molecule has 1 atom stereocenters. The zero-order chi connectivity index (χ0) is 15.4. The van der Waals surface area contributed by atoms with E-state index in [1.54, 1.807) is 0 Å². The molecule has 0 fully saturated rings. The van der Waals surface area contributed by atoms with E-state index in [2.05, 4.69) is 0 Å². The van der Waals surface area contributed by atoms with Gasteiger partial charge in [0.1, 0.15) is 17.7 Å². The number of benzene rings is 1. The van der Waals surface area contributed by atoms with Crippen LogP contribution in [-0.4, -0.2) is 28.9 Å². The molecule has 1 rings (SSSR count). The van der Waals surface area contributed by atoms with Crippen LogP contribution in [0.3, 0.4) is 0 Å². The van der Waals surface area contributed by atoms with Crippen LogP contribution in [0.25, 0.3) is 0 Å². The molecule has 0 saturated carbocycles. The van der Waals surface area contributed by atoms with Gasteiger partial charge in [0.25, 0.3) is 5.91 Å². The third-order valence-corrected chi connectivity index (χ3v) is 2.50. The lowest BCUT2D eigenvalue weighted by Gasteiger charge is -2.13. The van der Waals surface area contributed by atoms with Crippen molar-refractivity contribution in [2.45, 2.75) is 19.4 Å². The number of rotatable bonds is 5. The molecule has 0 heterocycles. The first-order valence-electron chi connectivity index (χ1n) is 5.50. The van der Waals surface area contributed by atoms with Crippen LogP contribution in [0, 0.1) is 18.6 Å². The predicted molar refractivity (Wildman–Crippen MR) is 63.8 cm³/mol. The van der Waals surface area contributed by atoms with Gasteiger partial charge in [0.2, 0.25) is 5.91 Å². The summed E-state index contributed by atoms with van der Waals surface area (Å²) >= 11 is 0. The van der Waals surface area contributed by atoms with E-state index in [0.717, 1.165) is 6.07 Å². The number of carboxylic acid groups (broad SMARTS) is 1. The summed E-state index contributed by atoms with van der Waals surface area (Å²) in [5.74, 6) is -5.45. The Kier molecular flexibility index (Phi) is 4.73. The van der Waals surface area contributed by atoms with Crippen molar-refractivity contribution in [3.05, 3.63) is 34.9 Å². The monoisotopic (exact) mass is 286 g/mol. The summed E-state index contributed by atoms with van der Waals surface area (Å²) in [5, 5.41) is 10.8. The Balaban J connectivity index is 2.97. The summed E-state index contributed by atoms with van der Waals surface area (Å²) < 4.78 is 26.5. The van der Waals surface area contributed by atoms with Crippen LogP contribution < -0.4 is 11.1 Å². The molecule has 0 aliphatic carbocycles. The maximum Gasteiger partial charge on any atom is 0.326 e. The smallest absolute Gasteiger partial charge is 0.326 e. The van der Waals surface area contributed by atoms with Gasteiger partial charge in [-0.25, -0.2) is 13.6 Å². The number of aryl methyl sites for hydroxylation is 1. The Hall–Kier alpha value is -2.51. The molecule has 4 N–H and O–H groups in total. The topological polar surface area (TPSA) is 109 Å². The fraction of sp³-hybridized carbons (Fsp3) is 0.250. The molecule has 0 saturated heterocycles. The Morgan fingerprint density at radius 1 is 1.30 bits per heavy atom. The first-order valence-corrected chi connectivity index (χ1v) is 5.50. The van der Waals surface area contributed by atoms with Gasteiger partial charge in [-0.15, -0.1) is 0 Å². The molecule has 0 unspecified atom stereocenters. The van der Waals surface area contributed by atoms with Gasteiger partial charge in [0.15, 0.2) is 0 Å². The predicted octanol–water partition coefficient (Wildman–Crippen LogP) is 0.332. The quantitative estimate of drug-likeness (QED) is 0.724. The molecule has 0 aliphatic rings. The van der Waals surface area contributed by atoms with Gasteiger partial charge in [-0.3, -0.25) is 9.59 Å². The highest BCUT2D eigenvalue weighted by Gasteiger charge is 2.24. The highest BCUT2D eigenvalue weighted by molar-refractivity contribution is 5.97. The molecule has 0 spiro atoms. The van der Waals surface area contributed by atoms with Crippen LogP contribution in [-0.2, 0) is 9.59 Å². The van der Waals surface area contributed by atoms with Gasteiger partial charge < -0.3 is 16.2 Å². The number of carbonyl (C=O) groups excluding carboxylic acids is 2. The number of carbonyl (C=O) groups is 3. The number of hydrogen-bond donors (Lipinski definition) is 3. The van der Waals surface area contributed by atoms with Crippen molar-refractivity contribution < 1.29 is 28.3 Å². The van der Waals surface area contributed by atoms with E-state index in [-0.39, 0.29) is 5.56 Å². The number of aliphatic carboxylic acids is 1. The molecule has 0 bridgehead atoms. The summed E-state index contributed by atoms with van der Waals surface area (Å²) in [6.07, 6.45) is -0.636. The normalized spacial score (nSPS) is 11.8. The van der Waals surface area contributed by atoms with Crippen LogP contribution in [0.15, 0.2) is 12.1 Å². The second-order valence-corrected chi connectivity index (χ2v) is 4.12. The van der Waals surface area contributed by atoms with Crippen LogP contribution in [0.1, 0.15) is 22.3 Å². The Labute approximate surface area is 112 Å². The summed E-state index contributed by atoms with van der Waals surface area (Å²) in [6, 6.07) is -0.109. The van der Waals surface area contributed by atoms with Gasteiger partial charge in [0.05, 0.1) is 12.0 Å². The molecule has 108 valence electrons. The highest BCUT2D eigenvalue weighted by atomic mass is 19.1. The fourth-order valence-corrected chi connectivity index (χ4v) is 1.47. The molecule has 8 heteroatoms. The van der Waals surface area contributed by atoms with Crippen molar-refractivity contribution in [2.24, 2.45) is 5.73 Å². The van der Waals surface area contributed by atoms with Crippen molar-refractivity contribution in [1.82, 2.24) is 5.32 Å². The van der Waals surface area contributed by atoms with Crippen LogP contribution >= 0.6 is 0 Å². The Morgan fingerprint density at radius 3 is 2.40 bits per heavy atom. The van der Waals surface area contributed by atoms with Crippen LogP contribution in [0.4, 0.5) is 8.78 Å². The average Bonchev–Trinajstić information content (AvgIpc) is 2.32. The van der Waals surface area contributed by atoms with Gasteiger partial charge in [0, 0.05) is 6.07 Å². The molecule has 20 heavy (non-hydrogen) atoms. The summed E-state index contributed by atoms with van der Waals surface area (Å²) in [6.45, 7) is 1.32. The van der Waals surface area contributed by atoms with E-state index in [1.807, 2.05) is 5.32 Å². The summed E-state index contributed by atoms with van der Waals surface area (Å²) in [7, 11) is 0. The minimum absolute atomic E-state index is 0.0262. The number of primary amides is 1. The molecule has 6 nitrogen and oxygen atoms in total. The maximum absolute atomic E-state index is 13.5. The van der Waals surface area contributed by atoms with Gasteiger partial charge in [-0.2, -0.15) is 0 Å². The maximum atomic E-state index is 13.5. The lowest BCUT2D eigenvalue weighted by atomic mass is 10.1. The number of nitrogens with one attached hydrogen (secondary N) is 1. The minimum atomic E-state index is -1.58. The van der Waals surface area contributed by atoms with Crippen molar-refractivity contribution >= 4 is 17.8 Å². The number of nitrogens with two attached hydrogens (primary N) is 1. The second kappa shape index (κ2) is 6.09. The van der Waals surface area contributed by atoms with Crippen LogP contribution in [0.5, 0.6) is 0 Å². The Bertz CT molecular complexity index is 575. The van der Waals surface area contributed by atoms with Gasteiger partial charge in [-0.05, 0) is 18.6 Å². The number of halogens is 2. The standard InChI is InChI=1S/C12H12F2N2O4/c1-5-2-6(8(14)3-7(5)13)11(18)16-9(12(19)20)4-10(15)17/h2-3,9H,4H2,1H3,(H2,15,17)(H,16,18)(H,19,20)/t9-/m1/s1. The number of amides is 2. The van der Waals surface area contributed by atoms with E-state index in [0.29, 0.717) is 6.07 Å². The third-order valence-electron chi connectivity index (χ3n) is 2.50. The lowest BCUT2D eigenvalue weighted by molar-refractivity contribution is -0.140. The number of hydrogen-bond acceptors (Lipinski definition) is 3. The molecular weight excluding hydrogens is 274 g/mol. The average molecular weight is 286 g/mol. The van der Waals surface area contributed by atoms with Crippen molar-refractivity contribution in [3.8, 4) is 0 Å². The molecular formula is C12H12F2N2O4. The van der Waals surface area contributed by atoms with Crippen LogP contribution in [0.2, 0.25) is 0 Å². The fourth-order valence-electron chi connectivity index (χ4n) is 1.47. The first kappa shape index (κ1) is 15.5. The van der Waals surface area contributed by atoms with Gasteiger partial charge in [-0.1, -0.05) is 0 Å². The molecule has 0 radical (unpaired) electrons. The second-order valence-electron chi connectivity index (χ2n) is 4.12. The summed E-state index contributed by atoms with van der Waals surface area (Å²) in [5.41, 5.74) is 4.35. The molecule has 2 amide bonds. The van der Waals surface area contributed by atoms with E-state index < -0.39 is 47.4 Å². The minimum Gasteiger partial charge on any atom is -0.480 e. The largest absolute Gasteiger partial charge is 0.480 e. The van der Waals surface area contributed by atoms with Crippen molar-refractivity contribution in [3.63, 3.8) is 0 Å². The SMILES string of the molecule is Cc1cc(C(=O)N[C@H](CC(N)=O)C(=O)O)c(F)cc1F. The van der Waals surface area contributed by atoms with E-state index in [4.69, 9.17) is 10.8 Å².